The van der Waals surface area contributed by atoms with Crippen LogP contribution in [0.1, 0.15) is 30.9 Å². The minimum absolute atomic E-state index is 0.105. The number of benzene rings is 3. The second-order valence-corrected chi connectivity index (χ2v) is 12.5. The molecule has 6 nitrogen and oxygen atoms in total. The largest absolute Gasteiger partial charge is 0.417 e. The zero-order valence-corrected chi connectivity index (χ0v) is 25.3. The minimum atomic E-state index is -4.80. The summed E-state index contributed by atoms with van der Waals surface area (Å²) in [7, 11) is 0. The summed E-state index contributed by atoms with van der Waals surface area (Å²) in [6.07, 6.45) is -3.58. The van der Waals surface area contributed by atoms with E-state index in [0.717, 1.165) is 23.8 Å². The van der Waals surface area contributed by atoms with Gasteiger partial charge in [-0.15, -0.1) is 11.8 Å². The molecular weight excluding hydrogens is 611 g/mol. The van der Waals surface area contributed by atoms with Gasteiger partial charge in [-0.2, -0.15) is 18.2 Å². The van der Waals surface area contributed by atoms with Crippen molar-refractivity contribution >= 4 is 34.4 Å². The molecule has 0 spiro atoms. The first-order valence-electron chi connectivity index (χ1n) is 14.4. The molecule has 1 saturated heterocycles. The Balaban J connectivity index is 1.62. The van der Waals surface area contributed by atoms with Gasteiger partial charge in [0, 0.05) is 59.2 Å². The molecule has 1 aromatic heterocycles. The van der Waals surface area contributed by atoms with E-state index in [1.54, 1.807) is 21.9 Å². The van der Waals surface area contributed by atoms with Crippen molar-refractivity contribution in [1.29, 1.82) is 0 Å². The van der Waals surface area contributed by atoms with Crippen LogP contribution in [0.5, 0.6) is 0 Å². The summed E-state index contributed by atoms with van der Waals surface area (Å²) in [5, 5.41) is 0.151. The van der Waals surface area contributed by atoms with Gasteiger partial charge in [0.25, 0.3) is 0 Å². The highest BCUT2D eigenvalue weighted by Gasteiger charge is 2.40. The second kappa shape index (κ2) is 11.6. The third kappa shape index (κ3) is 5.60. The molecule has 2 aliphatic rings. The number of nitrogens with zero attached hydrogens (tertiary/aromatic N) is 4. The monoisotopic (exact) mass is 640 g/mol. The smallest absolute Gasteiger partial charge is 0.352 e. The number of thioether (sulfide) groups is 1. The predicted octanol–water partition coefficient (Wildman–Crippen LogP) is 6.86. The van der Waals surface area contributed by atoms with E-state index in [-0.39, 0.29) is 70.8 Å². The fourth-order valence-electron chi connectivity index (χ4n) is 6.50. The van der Waals surface area contributed by atoms with Gasteiger partial charge in [0.15, 0.2) is 0 Å². The molecule has 4 aromatic rings. The predicted molar refractivity (Wildman–Crippen MR) is 164 cm³/mol. The number of carbonyl (C=O) groups excluding carboxylic acids is 1. The van der Waals surface area contributed by atoms with Gasteiger partial charge in [-0.3, -0.25) is 9.36 Å². The molecule has 12 heteroatoms. The molecule has 0 bridgehead atoms. The van der Waals surface area contributed by atoms with Gasteiger partial charge in [0.1, 0.15) is 17.5 Å². The Labute approximate surface area is 260 Å². The quantitative estimate of drug-likeness (QED) is 0.180. The van der Waals surface area contributed by atoms with Crippen LogP contribution < -0.4 is 10.6 Å². The van der Waals surface area contributed by atoms with Crippen molar-refractivity contribution in [3.8, 4) is 11.1 Å². The average molecular weight is 641 g/mol. The van der Waals surface area contributed by atoms with Crippen molar-refractivity contribution in [2.75, 3.05) is 23.7 Å². The number of rotatable bonds is 4. The van der Waals surface area contributed by atoms with E-state index in [1.165, 1.54) is 46.7 Å². The molecule has 0 aliphatic carbocycles. The van der Waals surface area contributed by atoms with Crippen molar-refractivity contribution in [2.24, 2.45) is 0 Å². The van der Waals surface area contributed by atoms with E-state index < -0.39 is 29.1 Å². The van der Waals surface area contributed by atoms with E-state index in [2.05, 4.69) is 11.6 Å². The molecule has 1 fully saturated rings. The fraction of sp³-hybridized carbons (Fsp3) is 0.303. The molecule has 0 N–H and O–H groups in total. The van der Waals surface area contributed by atoms with Crippen molar-refractivity contribution in [3.63, 3.8) is 0 Å². The third-order valence-corrected chi connectivity index (χ3v) is 9.71. The molecule has 3 atom stereocenters. The number of aromatic nitrogens is 2. The molecular formula is C33H29F5N4O2S. The van der Waals surface area contributed by atoms with E-state index >= 15 is 0 Å². The highest BCUT2D eigenvalue weighted by molar-refractivity contribution is 7.99. The van der Waals surface area contributed by atoms with Crippen LogP contribution in [0.15, 0.2) is 76.9 Å². The van der Waals surface area contributed by atoms with Crippen LogP contribution in [0.2, 0.25) is 0 Å². The van der Waals surface area contributed by atoms with Crippen LogP contribution in [0.4, 0.5) is 27.8 Å². The molecule has 0 radical (unpaired) electrons. The molecule has 45 heavy (non-hydrogen) atoms. The molecule has 0 saturated carbocycles. The van der Waals surface area contributed by atoms with Gasteiger partial charge < -0.3 is 9.80 Å². The molecule has 3 aromatic carbocycles. The lowest BCUT2D eigenvalue weighted by molar-refractivity contribution is -0.137. The topological polar surface area (TPSA) is 58.4 Å². The van der Waals surface area contributed by atoms with E-state index in [4.69, 9.17) is 0 Å². The summed E-state index contributed by atoms with van der Waals surface area (Å²) >= 11 is 1.18. The van der Waals surface area contributed by atoms with Gasteiger partial charge in [0.05, 0.1) is 11.1 Å². The number of amides is 1. The first-order chi connectivity index (χ1) is 21.4. The van der Waals surface area contributed by atoms with Crippen molar-refractivity contribution in [3.05, 3.63) is 100 Å². The first-order valence-corrected chi connectivity index (χ1v) is 15.4. The number of hydrogen-bond donors (Lipinski definition) is 0. The number of carbonyl (C=O) groups is 1. The molecule has 0 unspecified atom stereocenters. The lowest BCUT2D eigenvalue weighted by atomic mass is 9.95. The molecule has 234 valence electrons. The Kier molecular flexibility index (Phi) is 7.96. The summed E-state index contributed by atoms with van der Waals surface area (Å²) in [5.74, 6) is -1.23. The standard InChI is InChI=1S/C33H29F5N4O2S/c1-4-27(43)42-18(2)14-40(15-19(42)3)31-25-13-26(33(36,37)38)28(21-7-11-24(35)12-8-21)30-29(25)41(32(44)39-31)16-22(17-45-30)20-5-9-23(34)10-6-20/h4-13,18-19,22H,1,14-17H2,2-3H3/t18-,19+,22-/m1/s1. The molecule has 3 heterocycles. The average Bonchev–Trinajstić information content (AvgIpc) is 3.20. The maximum absolute atomic E-state index is 14.9. The van der Waals surface area contributed by atoms with Crippen molar-refractivity contribution in [2.45, 2.75) is 49.5 Å². The van der Waals surface area contributed by atoms with Crippen LogP contribution in [0.25, 0.3) is 22.0 Å². The lowest BCUT2D eigenvalue weighted by Gasteiger charge is -2.44. The summed E-state index contributed by atoms with van der Waals surface area (Å²) in [6, 6.07) is 11.0. The van der Waals surface area contributed by atoms with Crippen LogP contribution in [-0.4, -0.2) is 51.3 Å². The molecule has 6 rings (SSSR count). The zero-order chi connectivity index (χ0) is 32.2. The van der Waals surface area contributed by atoms with Crippen LogP contribution in [0.3, 0.4) is 0 Å². The van der Waals surface area contributed by atoms with Gasteiger partial charge >= 0.3 is 11.9 Å². The Hall–Kier alpha value is -4.19. The van der Waals surface area contributed by atoms with E-state index in [9.17, 15) is 31.5 Å². The van der Waals surface area contributed by atoms with Crippen LogP contribution >= 0.6 is 11.8 Å². The Bertz CT molecular complexity index is 1850. The second-order valence-electron chi connectivity index (χ2n) is 11.5. The first kappa shape index (κ1) is 30.8. The van der Waals surface area contributed by atoms with Gasteiger partial charge in [-0.25, -0.2) is 13.6 Å². The normalized spacial score (nSPS) is 20.3. The zero-order valence-electron chi connectivity index (χ0n) is 24.4. The fourth-order valence-corrected chi connectivity index (χ4v) is 7.89. The minimum Gasteiger partial charge on any atom is -0.352 e. The highest BCUT2D eigenvalue weighted by atomic mass is 32.2. The van der Waals surface area contributed by atoms with Crippen LogP contribution in [-0.2, 0) is 17.5 Å². The van der Waals surface area contributed by atoms with Crippen LogP contribution in [0, 0.1) is 11.6 Å². The van der Waals surface area contributed by atoms with Gasteiger partial charge in [0.2, 0.25) is 5.91 Å². The number of anilines is 1. The number of piperazine rings is 1. The Morgan fingerprint density at radius 1 is 0.978 bits per heavy atom. The lowest BCUT2D eigenvalue weighted by Crippen LogP contribution is -2.58. The molecule has 2 aliphatic heterocycles. The van der Waals surface area contributed by atoms with Gasteiger partial charge in [-0.05, 0) is 61.4 Å². The van der Waals surface area contributed by atoms with Crippen molar-refractivity contribution in [1.82, 2.24) is 14.5 Å². The van der Waals surface area contributed by atoms with Crippen molar-refractivity contribution < 1.29 is 26.7 Å². The maximum atomic E-state index is 14.9. The van der Waals surface area contributed by atoms with E-state index in [0.29, 0.717) is 11.3 Å². The number of hydrogen-bond acceptors (Lipinski definition) is 5. The summed E-state index contributed by atoms with van der Waals surface area (Å²) in [4.78, 5) is 34.4. The summed E-state index contributed by atoms with van der Waals surface area (Å²) < 4.78 is 73.9. The van der Waals surface area contributed by atoms with Gasteiger partial charge in [-0.1, -0.05) is 30.8 Å². The number of halogens is 5. The van der Waals surface area contributed by atoms with E-state index in [1.807, 2.05) is 13.8 Å². The summed E-state index contributed by atoms with van der Waals surface area (Å²) in [6.45, 7) is 7.79. The SMILES string of the molecule is C=CC(=O)N1[C@H](C)CN(c2nc(=O)n3c4c(c(-c5ccc(F)cc5)c(C(F)(F)F)cc24)SC[C@H](c2ccc(F)cc2)C3)C[C@@H]1C. The molecule has 1 amide bonds. The summed E-state index contributed by atoms with van der Waals surface area (Å²) in [5.41, 5.74) is -0.525. The Morgan fingerprint density at radius 2 is 1.58 bits per heavy atom. The Morgan fingerprint density at radius 3 is 2.16 bits per heavy atom. The maximum Gasteiger partial charge on any atom is 0.417 e. The third-order valence-electron chi connectivity index (χ3n) is 8.46. The highest BCUT2D eigenvalue weighted by Crippen LogP contribution is 2.49. The number of alkyl halides is 3.